The molecule has 0 aliphatic carbocycles. The molecule has 0 saturated heterocycles. The lowest BCUT2D eigenvalue weighted by Gasteiger charge is -2.11. The molecule has 5 nitrogen and oxygen atoms in total. The molecular formula is C18H14ClNO4S. The highest BCUT2D eigenvalue weighted by atomic mass is 35.7. The van der Waals surface area contributed by atoms with Crippen molar-refractivity contribution in [3.05, 3.63) is 71.8 Å². The number of hydrogen-bond acceptors (Lipinski definition) is 5. The number of anilines is 1. The van der Waals surface area contributed by atoms with E-state index in [-0.39, 0.29) is 28.1 Å². The van der Waals surface area contributed by atoms with Crippen LogP contribution in [0.25, 0.3) is 10.8 Å². The van der Waals surface area contributed by atoms with Gasteiger partial charge in [-0.3, -0.25) is 0 Å². The lowest BCUT2D eigenvalue weighted by molar-refractivity contribution is 0.0475. The molecule has 0 bridgehead atoms. The van der Waals surface area contributed by atoms with Gasteiger partial charge in [0, 0.05) is 16.1 Å². The molecule has 3 aromatic rings. The van der Waals surface area contributed by atoms with Gasteiger partial charge in [0.1, 0.15) is 11.5 Å². The summed E-state index contributed by atoms with van der Waals surface area (Å²) >= 11 is 0. The predicted octanol–water partition coefficient (Wildman–Crippen LogP) is 3.71. The van der Waals surface area contributed by atoms with Gasteiger partial charge in [0.15, 0.2) is 0 Å². The molecule has 7 heteroatoms. The summed E-state index contributed by atoms with van der Waals surface area (Å²) < 4.78 is 29.0. The number of nitrogen functional groups attached to an aromatic ring is 1. The number of carbonyl (C=O) groups is 1. The first-order valence-corrected chi connectivity index (χ1v) is 9.66. The summed E-state index contributed by atoms with van der Waals surface area (Å²) in [6, 6.07) is 16.9. The van der Waals surface area contributed by atoms with E-state index in [1.165, 1.54) is 6.07 Å². The van der Waals surface area contributed by atoms with Gasteiger partial charge in [0.2, 0.25) is 0 Å². The second-order valence-electron chi connectivity index (χ2n) is 5.38. The third-order valence-corrected chi connectivity index (χ3v) is 5.13. The molecule has 0 spiro atoms. The number of ether oxygens (including phenoxy) is 1. The maximum absolute atomic E-state index is 12.4. The molecule has 0 radical (unpaired) electrons. The van der Waals surface area contributed by atoms with Gasteiger partial charge < -0.3 is 10.5 Å². The van der Waals surface area contributed by atoms with Gasteiger partial charge in [-0.15, -0.1) is 0 Å². The average Bonchev–Trinajstić information content (AvgIpc) is 2.58. The van der Waals surface area contributed by atoms with Crippen LogP contribution in [0.2, 0.25) is 0 Å². The molecule has 0 aliphatic rings. The number of halogens is 1. The van der Waals surface area contributed by atoms with Crippen molar-refractivity contribution in [1.82, 2.24) is 0 Å². The Kier molecular flexibility index (Phi) is 4.65. The minimum absolute atomic E-state index is 0.0253. The predicted molar refractivity (Wildman–Crippen MR) is 97.0 cm³/mol. The number of fused-ring (bicyclic) bond motifs is 1. The molecule has 0 saturated carbocycles. The highest BCUT2D eigenvalue weighted by Crippen LogP contribution is 2.33. The van der Waals surface area contributed by atoms with Crippen LogP contribution in [0.1, 0.15) is 15.9 Å². The van der Waals surface area contributed by atoms with Crippen LogP contribution in [0.15, 0.2) is 65.6 Å². The summed E-state index contributed by atoms with van der Waals surface area (Å²) in [5.74, 6) is -0.558. The summed E-state index contributed by atoms with van der Waals surface area (Å²) in [4.78, 5) is 12.2. The highest BCUT2D eigenvalue weighted by Gasteiger charge is 2.21. The third-order valence-electron chi connectivity index (χ3n) is 3.72. The first-order valence-electron chi connectivity index (χ1n) is 7.35. The quantitative estimate of drug-likeness (QED) is 0.426. The second-order valence-corrected chi connectivity index (χ2v) is 7.89. The largest absolute Gasteiger partial charge is 0.457 e. The maximum Gasteiger partial charge on any atom is 0.339 e. The van der Waals surface area contributed by atoms with E-state index in [1.807, 2.05) is 30.3 Å². The zero-order valence-corrected chi connectivity index (χ0v) is 14.5. The Balaban J connectivity index is 2.01. The molecule has 3 rings (SSSR count). The molecule has 3 aromatic carbocycles. The van der Waals surface area contributed by atoms with Gasteiger partial charge in [-0.25, -0.2) is 13.2 Å². The fraction of sp³-hybridized carbons (Fsp3) is 0.0556. The molecule has 0 aliphatic heterocycles. The SMILES string of the molecule is Nc1ccc2c(C(=O)OCc3ccccc3)cccc2c1S(=O)(=O)Cl. The molecule has 25 heavy (non-hydrogen) atoms. The molecule has 0 unspecified atom stereocenters. The van der Waals surface area contributed by atoms with Crippen molar-refractivity contribution in [1.29, 1.82) is 0 Å². The fourth-order valence-electron chi connectivity index (χ4n) is 2.60. The number of nitrogens with two attached hydrogens (primary N) is 1. The number of benzene rings is 3. The molecule has 0 amide bonds. The Morgan fingerprint density at radius 2 is 1.68 bits per heavy atom. The van der Waals surface area contributed by atoms with E-state index in [1.54, 1.807) is 24.3 Å². The summed E-state index contributed by atoms with van der Waals surface area (Å²) in [5, 5.41) is 0.693. The highest BCUT2D eigenvalue weighted by molar-refractivity contribution is 8.14. The van der Waals surface area contributed by atoms with Crippen LogP contribution in [-0.4, -0.2) is 14.4 Å². The molecule has 128 valence electrons. The summed E-state index contributed by atoms with van der Waals surface area (Å²) in [6.07, 6.45) is 0. The van der Waals surface area contributed by atoms with Crippen LogP contribution in [0, 0.1) is 0 Å². The minimum Gasteiger partial charge on any atom is -0.457 e. The van der Waals surface area contributed by atoms with Crippen LogP contribution in [0.4, 0.5) is 5.69 Å². The van der Waals surface area contributed by atoms with Crippen LogP contribution < -0.4 is 5.73 Å². The maximum atomic E-state index is 12.4. The van der Waals surface area contributed by atoms with E-state index in [9.17, 15) is 13.2 Å². The monoisotopic (exact) mass is 375 g/mol. The Hall–Kier alpha value is -2.57. The number of carbonyl (C=O) groups excluding carboxylic acids is 1. The first-order chi connectivity index (χ1) is 11.9. The fourth-order valence-corrected chi connectivity index (χ4v) is 3.90. The van der Waals surface area contributed by atoms with Gasteiger partial charge in [-0.05, 0) is 23.1 Å². The van der Waals surface area contributed by atoms with E-state index in [0.29, 0.717) is 5.39 Å². The van der Waals surface area contributed by atoms with Crippen molar-refractivity contribution in [2.75, 3.05) is 5.73 Å². The molecule has 0 fully saturated rings. The molecule has 2 N–H and O–H groups in total. The summed E-state index contributed by atoms with van der Waals surface area (Å²) in [5.41, 5.74) is 6.88. The summed E-state index contributed by atoms with van der Waals surface area (Å²) in [7, 11) is 1.43. The first kappa shape index (κ1) is 17.3. The Morgan fingerprint density at radius 1 is 0.960 bits per heavy atom. The van der Waals surface area contributed by atoms with Crippen molar-refractivity contribution in [2.45, 2.75) is 11.5 Å². The minimum atomic E-state index is -4.06. The zero-order chi connectivity index (χ0) is 18.0. The Morgan fingerprint density at radius 3 is 2.36 bits per heavy atom. The van der Waals surface area contributed by atoms with Crippen LogP contribution in [0.3, 0.4) is 0 Å². The van der Waals surface area contributed by atoms with E-state index in [4.69, 9.17) is 21.2 Å². The Bertz CT molecular complexity index is 1050. The van der Waals surface area contributed by atoms with E-state index < -0.39 is 15.0 Å². The van der Waals surface area contributed by atoms with Crippen molar-refractivity contribution in [3.8, 4) is 0 Å². The topological polar surface area (TPSA) is 86.5 Å². The van der Waals surface area contributed by atoms with Crippen molar-refractivity contribution < 1.29 is 17.9 Å². The van der Waals surface area contributed by atoms with E-state index in [0.717, 1.165) is 5.56 Å². The van der Waals surface area contributed by atoms with Gasteiger partial charge in [0.05, 0.1) is 11.3 Å². The van der Waals surface area contributed by atoms with E-state index in [2.05, 4.69) is 0 Å². The smallest absolute Gasteiger partial charge is 0.339 e. The lowest BCUT2D eigenvalue weighted by Crippen LogP contribution is -2.07. The molecule has 0 atom stereocenters. The lowest BCUT2D eigenvalue weighted by atomic mass is 10.0. The van der Waals surface area contributed by atoms with Crippen LogP contribution in [0.5, 0.6) is 0 Å². The van der Waals surface area contributed by atoms with Gasteiger partial charge in [0.25, 0.3) is 9.05 Å². The van der Waals surface area contributed by atoms with Gasteiger partial charge in [-0.1, -0.05) is 48.5 Å². The van der Waals surface area contributed by atoms with Crippen molar-refractivity contribution >= 4 is 42.2 Å². The molecule has 0 aromatic heterocycles. The third kappa shape index (κ3) is 3.60. The van der Waals surface area contributed by atoms with Crippen molar-refractivity contribution in [3.63, 3.8) is 0 Å². The molecule has 0 heterocycles. The second kappa shape index (κ2) is 6.74. The number of hydrogen-bond donors (Lipinski definition) is 1. The number of rotatable bonds is 4. The zero-order valence-electron chi connectivity index (χ0n) is 13.0. The number of esters is 1. The Labute approximate surface area is 149 Å². The van der Waals surface area contributed by atoms with Gasteiger partial charge >= 0.3 is 5.97 Å². The normalized spacial score (nSPS) is 11.4. The van der Waals surface area contributed by atoms with Crippen molar-refractivity contribution in [2.24, 2.45) is 0 Å². The molecular weight excluding hydrogens is 362 g/mol. The van der Waals surface area contributed by atoms with Crippen LogP contribution in [-0.2, 0) is 20.4 Å². The summed E-state index contributed by atoms with van der Waals surface area (Å²) in [6.45, 7) is 0.117. The van der Waals surface area contributed by atoms with Gasteiger partial charge in [-0.2, -0.15) is 0 Å². The average molecular weight is 376 g/mol. The van der Waals surface area contributed by atoms with E-state index >= 15 is 0 Å². The standard InChI is InChI=1S/C18H14ClNO4S/c19-25(22,23)17-14-7-4-8-15(13(14)9-10-16(17)20)18(21)24-11-12-5-2-1-3-6-12/h1-10H,11,20H2. The van der Waals surface area contributed by atoms with Crippen LogP contribution >= 0.6 is 10.7 Å².